The average Bonchev–Trinajstić information content (AvgIpc) is 2.47. The van der Waals surface area contributed by atoms with E-state index in [2.05, 4.69) is 22.5 Å². The highest BCUT2D eigenvalue weighted by atomic mass is 16.1. The maximum Gasteiger partial charge on any atom is 0.269 e. The van der Waals surface area contributed by atoms with Gasteiger partial charge in [0.2, 0.25) is 0 Å². The minimum Gasteiger partial charge on any atom is -0.382 e. The first-order valence-electron chi connectivity index (χ1n) is 7.17. The number of anilines is 1. The van der Waals surface area contributed by atoms with E-state index >= 15 is 0 Å². The second-order valence-corrected chi connectivity index (χ2v) is 5.28. The smallest absolute Gasteiger partial charge is 0.269 e. The van der Waals surface area contributed by atoms with Crippen molar-refractivity contribution in [2.24, 2.45) is 5.92 Å². The Morgan fingerprint density at radius 3 is 2.74 bits per heavy atom. The van der Waals surface area contributed by atoms with Gasteiger partial charge in [0.1, 0.15) is 5.69 Å². The van der Waals surface area contributed by atoms with Gasteiger partial charge in [-0.05, 0) is 43.7 Å². The number of hydrogen-bond acceptors (Lipinski definition) is 3. The SMILES string of the molecule is CCC1CCC(Nc2ccnc(C(=O)NC)c2)CC1. The van der Waals surface area contributed by atoms with Crippen LogP contribution in [0.5, 0.6) is 0 Å². The van der Waals surface area contributed by atoms with Gasteiger partial charge in [-0.3, -0.25) is 9.78 Å². The molecule has 0 unspecified atom stereocenters. The van der Waals surface area contributed by atoms with E-state index in [0.717, 1.165) is 11.6 Å². The van der Waals surface area contributed by atoms with Crippen LogP contribution in [0.4, 0.5) is 5.69 Å². The van der Waals surface area contributed by atoms with Crippen LogP contribution >= 0.6 is 0 Å². The molecule has 1 aliphatic carbocycles. The number of carbonyl (C=O) groups excluding carboxylic acids is 1. The lowest BCUT2D eigenvalue weighted by Gasteiger charge is -2.29. The largest absolute Gasteiger partial charge is 0.382 e. The molecule has 4 heteroatoms. The van der Waals surface area contributed by atoms with E-state index in [4.69, 9.17) is 0 Å². The molecule has 0 radical (unpaired) electrons. The average molecular weight is 261 g/mol. The molecule has 0 saturated heterocycles. The zero-order chi connectivity index (χ0) is 13.7. The molecule has 2 rings (SSSR count). The summed E-state index contributed by atoms with van der Waals surface area (Å²) in [7, 11) is 1.62. The van der Waals surface area contributed by atoms with Gasteiger partial charge in [-0.2, -0.15) is 0 Å². The highest BCUT2D eigenvalue weighted by Gasteiger charge is 2.19. The van der Waals surface area contributed by atoms with Gasteiger partial charge in [0, 0.05) is 25.0 Å². The van der Waals surface area contributed by atoms with Crippen LogP contribution in [0, 0.1) is 5.92 Å². The standard InChI is InChI=1S/C15H23N3O/c1-3-11-4-6-12(7-5-11)18-13-8-9-17-14(10-13)15(19)16-2/h8-12H,3-7H2,1-2H3,(H,16,19)(H,17,18). The molecule has 2 N–H and O–H groups in total. The van der Waals surface area contributed by atoms with Crippen molar-refractivity contribution >= 4 is 11.6 Å². The maximum atomic E-state index is 11.5. The van der Waals surface area contributed by atoms with Gasteiger partial charge < -0.3 is 10.6 Å². The van der Waals surface area contributed by atoms with Gasteiger partial charge in [-0.1, -0.05) is 13.3 Å². The van der Waals surface area contributed by atoms with Gasteiger partial charge in [-0.25, -0.2) is 0 Å². The van der Waals surface area contributed by atoms with Crippen LogP contribution < -0.4 is 10.6 Å². The normalized spacial score (nSPS) is 22.8. The van der Waals surface area contributed by atoms with Gasteiger partial charge in [0.25, 0.3) is 5.91 Å². The molecule has 1 aromatic rings. The quantitative estimate of drug-likeness (QED) is 0.876. The Hall–Kier alpha value is -1.58. The van der Waals surface area contributed by atoms with Crippen molar-refractivity contribution in [2.75, 3.05) is 12.4 Å². The van der Waals surface area contributed by atoms with E-state index < -0.39 is 0 Å². The molecular weight excluding hydrogens is 238 g/mol. The highest BCUT2D eigenvalue weighted by Crippen LogP contribution is 2.28. The predicted octanol–water partition coefficient (Wildman–Crippen LogP) is 2.82. The third kappa shape index (κ3) is 3.69. The third-order valence-electron chi connectivity index (χ3n) is 4.01. The Kier molecular flexibility index (Phi) is 4.77. The molecule has 0 aromatic carbocycles. The van der Waals surface area contributed by atoms with E-state index in [9.17, 15) is 4.79 Å². The fourth-order valence-electron chi connectivity index (χ4n) is 2.72. The van der Waals surface area contributed by atoms with E-state index in [-0.39, 0.29) is 5.91 Å². The zero-order valence-electron chi connectivity index (χ0n) is 11.8. The number of pyridine rings is 1. The number of aromatic nitrogens is 1. The van der Waals surface area contributed by atoms with Crippen LogP contribution in [0.2, 0.25) is 0 Å². The number of nitrogens with zero attached hydrogens (tertiary/aromatic N) is 1. The van der Waals surface area contributed by atoms with Gasteiger partial charge in [0.15, 0.2) is 0 Å². The first-order valence-corrected chi connectivity index (χ1v) is 7.17. The Balaban J connectivity index is 1.94. The number of rotatable bonds is 4. The summed E-state index contributed by atoms with van der Waals surface area (Å²) >= 11 is 0. The molecule has 1 heterocycles. The summed E-state index contributed by atoms with van der Waals surface area (Å²) in [6.45, 7) is 2.27. The molecule has 0 aliphatic heterocycles. The van der Waals surface area contributed by atoms with Crippen LogP contribution in [0.3, 0.4) is 0 Å². The Labute approximate surface area is 115 Å². The second-order valence-electron chi connectivity index (χ2n) is 5.28. The molecule has 0 atom stereocenters. The molecule has 0 spiro atoms. The molecule has 1 aliphatic rings. The lowest BCUT2D eigenvalue weighted by molar-refractivity contribution is 0.0958. The van der Waals surface area contributed by atoms with Gasteiger partial charge in [-0.15, -0.1) is 0 Å². The third-order valence-corrected chi connectivity index (χ3v) is 4.01. The molecule has 1 aromatic heterocycles. The van der Waals surface area contributed by atoms with Crippen molar-refractivity contribution in [1.82, 2.24) is 10.3 Å². The summed E-state index contributed by atoms with van der Waals surface area (Å²) < 4.78 is 0. The molecule has 0 bridgehead atoms. The first kappa shape index (κ1) is 13.8. The van der Waals surface area contributed by atoms with E-state index in [1.165, 1.54) is 32.1 Å². The zero-order valence-corrected chi connectivity index (χ0v) is 11.8. The molecule has 1 saturated carbocycles. The molecule has 1 amide bonds. The highest BCUT2D eigenvalue weighted by molar-refractivity contribution is 5.92. The van der Waals surface area contributed by atoms with E-state index in [0.29, 0.717) is 11.7 Å². The number of hydrogen-bond donors (Lipinski definition) is 2. The predicted molar refractivity (Wildman–Crippen MR) is 77.3 cm³/mol. The molecule has 4 nitrogen and oxygen atoms in total. The summed E-state index contributed by atoms with van der Waals surface area (Å²) in [5, 5.41) is 6.12. The lowest BCUT2D eigenvalue weighted by atomic mass is 9.84. The van der Waals surface area contributed by atoms with Crippen molar-refractivity contribution < 1.29 is 4.79 Å². The molecular formula is C15H23N3O. The van der Waals surface area contributed by atoms with Crippen LogP contribution in [0.1, 0.15) is 49.5 Å². The second kappa shape index (κ2) is 6.55. The molecule has 19 heavy (non-hydrogen) atoms. The monoisotopic (exact) mass is 261 g/mol. The number of amides is 1. The summed E-state index contributed by atoms with van der Waals surface area (Å²) in [6.07, 6.45) is 8.03. The summed E-state index contributed by atoms with van der Waals surface area (Å²) in [4.78, 5) is 15.6. The van der Waals surface area contributed by atoms with Crippen LogP contribution in [-0.4, -0.2) is 24.0 Å². The molecule has 104 valence electrons. The summed E-state index contributed by atoms with van der Waals surface area (Å²) in [5.41, 5.74) is 1.46. The lowest BCUT2D eigenvalue weighted by Crippen LogP contribution is -2.26. The van der Waals surface area contributed by atoms with Gasteiger partial charge in [0.05, 0.1) is 0 Å². The van der Waals surface area contributed by atoms with Crippen molar-refractivity contribution in [3.63, 3.8) is 0 Å². The fraction of sp³-hybridized carbons (Fsp3) is 0.600. The fourth-order valence-corrected chi connectivity index (χ4v) is 2.72. The van der Waals surface area contributed by atoms with Crippen LogP contribution in [-0.2, 0) is 0 Å². The topological polar surface area (TPSA) is 54.0 Å². The van der Waals surface area contributed by atoms with Crippen molar-refractivity contribution in [3.8, 4) is 0 Å². The van der Waals surface area contributed by atoms with Crippen LogP contribution in [0.15, 0.2) is 18.3 Å². The minimum atomic E-state index is -0.140. The minimum absolute atomic E-state index is 0.140. The van der Waals surface area contributed by atoms with Crippen molar-refractivity contribution in [1.29, 1.82) is 0 Å². The summed E-state index contributed by atoms with van der Waals surface area (Å²) in [6, 6.07) is 4.28. The molecule has 1 fully saturated rings. The van der Waals surface area contributed by atoms with E-state index in [1.54, 1.807) is 13.2 Å². The summed E-state index contributed by atoms with van der Waals surface area (Å²) in [5.74, 6) is 0.760. The number of nitrogens with one attached hydrogen (secondary N) is 2. The van der Waals surface area contributed by atoms with Crippen LogP contribution in [0.25, 0.3) is 0 Å². The number of carbonyl (C=O) groups is 1. The Bertz CT molecular complexity index is 425. The van der Waals surface area contributed by atoms with Crippen molar-refractivity contribution in [2.45, 2.75) is 45.1 Å². The Morgan fingerprint density at radius 2 is 2.11 bits per heavy atom. The van der Waals surface area contributed by atoms with Gasteiger partial charge >= 0.3 is 0 Å². The van der Waals surface area contributed by atoms with Crippen molar-refractivity contribution in [3.05, 3.63) is 24.0 Å². The van der Waals surface area contributed by atoms with E-state index in [1.807, 2.05) is 12.1 Å². The maximum absolute atomic E-state index is 11.5. The first-order chi connectivity index (χ1) is 9.22. The Morgan fingerprint density at radius 1 is 1.37 bits per heavy atom.